The molecule has 0 saturated heterocycles. The standard InChI is InChI=1S/C18H12N4/c1-3-7-13(8-4-1)17-18(14-9-5-2-6-10-14)22-16-12-20-19-11-15(16)21-17/h1-12H. The van der Waals surface area contributed by atoms with E-state index in [2.05, 4.69) is 10.2 Å². The summed E-state index contributed by atoms with van der Waals surface area (Å²) in [4.78, 5) is 9.51. The molecule has 0 saturated carbocycles. The van der Waals surface area contributed by atoms with Gasteiger partial charge in [-0.05, 0) is 0 Å². The van der Waals surface area contributed by atoms with Crippen LogP contribution in [0.4, 0.5) is 0 Å². The third kappa shape index (κ3) is 2.20. The van der Waals surface area contributed by atoms with Gasteiger partial charge in [-0.25, -0.2) is 9.97 Å². The van der Waals surface area contributed by atoms with Crippen LogP contribution in [0.1, 0.15) is 0 Å². The van der Waals surface area contributed by atoms with Crippen LogP contribution in [-0.2, 0) is 0 Å². The number of fused-ring (bicyclic) bond motifs is 1. The maximum Gasteiger partial charge on any atom is 0.111 e. The largest absolute Gasteiger partial charge is 0.242 e. The zero-order valence-electron chi connectivity index (χ0n) is 11.7. The van der Waals surface area contributed by atoms with Crippen molar-refractivity contribution in [2.24, 2.45) is 0 Å². The lowest BCUT2D eigenvalue weighted by atomic mass is 10.0. The van der Waals surface area contributed by atoms with Crippen molar-refractivity contribution in [3.63, 3.8) is 0 Å². The Kier molecular flexibility index (Phi) is 3.05. The third-order valence-corrected chi connectivity index (χ3v) is 3.47. The van der Waals surface area contributed by atoms with Crippen molar-refractivity contribution in [2.75, 3.05) is 0 Å². The van der Waals surface area contributed by atoms with Crippen LogP contribution < -0.4 is 0 Å². The molecule has 0 bridgehead atoms. The van der Waals surface area contributed by atoms with Gasteiger partial charge in [0.05, 0.1) is 23.8 Å². The highest BCUT2D eigenvalue weighted by atomic mass is 15.1. The van der Waals surface area contributed by atoms with Gasteiger partial charge in [-0.2, -0.15) is 10.2 Å². The second-order valence-electron chi connectivity index (χ2n) is 4.91. The highest BCUT2D eigenvalue weighted by Crippen LogP contribution is 2.30. The van der Waals surface area contributed by atoms with Gasteiger partial charge >= 0.3 is 0 Å². The first-order valence-electron chi connectivity index (χ1n) is 7.01. The molecule has 0 aliphatic rings. The van der Waals surface area contributed by atoms with Crippen LogP contribution in [-0.4, -0.2) is 20.2 Å². The van der Waals surface area contributed by atoms with E-state index < -0.39 is 0 Å². The van der Waals surface area contributed by atoms with E-state index in [9.17, 15) is 0 Å². The first-order valence-corrected chi connectivity index (χ1v) is 7.01. The van der Waals surface area contributed by atoms with Gasteiger partial charge in [-0.3, -0.25) is 0 Å². The zero-order valence-corrected chi connectivity index (χ0v) is 11.7. The van der Waals surface area contributed by atoms with Gasteiger partial charge in [0, 0.05) is 11.1 Å². The van der Waals surface area contributed by atoms with E-state index in [0.29, 0.717) is 0 Å². The fourth-order valence-corrected chi connectivity index (χ4v) is 2.42. The lowest BCUT2D eigenvalue weighted by Crippen LogP contribution is -1.96. The molecule has 0 atom stereocenters. The van der Waals surface area contributed by atoms with E-state index in [1.54, 1.807) is 12.4 Å². The summed E-state index contributed by atoms with van der Waals surface area (Å²) in [5.74, 6) is 0. The minimum Gasteiger partial charge on any atom is -0.242 e. The molecule has 0 radical (unpaired) electrons. The predicted molar refractivity (Wildman–Crippen MR) is 86.0 cm³/mol. The van der Waals surface area contributed by atoms with Crippen LogP contribution in [0.2, 0.25) is 0 Å². The Labute approximate surface area is 127 Å². The molecule has 4 rings (SSSR count). The number of hydrogen-bond acceptors (Lipinski definition) is 4. The second-order valence-corrected chi connectivity index (χ2v) is 4.91. The van der Waals surface area contributed by atoms with Gasteiger partial charge in [-0.1, -0.05) is 60.7 Å². The Morgan fingerprint density at radius 3 is 1.32 bits per heavy atom. The molecule has 4 nitrogen and oxygen atoms in total. The molecule has 0 fully saturated rings. The maximum absolute atomic E-state index is 4.76. The summed E-state index contributed by atoms with van der Waals surface area (Å²) < 4.78 is 0. The molecule has 2 aromatic heterocycles. The van der Waals surface area contributed by atoms with Crippen molar-refractivity contribution < 1.29 is 0 Å². The highest BCUT2D eigenvalue weighted by Gasteiger charge is 2.12. The normalized spacial score (nSPS) is 10.7. The maximum atomic E-state index is 4.76. The molecule has 0 N–H and O–H groups in total. The van der Waals surface area contributed by atoms with Crippen LogP contribution in [0, 0.1) is 0 Å². The molecule has 0 aliphatic carbocycles. The molecule has 0 amide bonds. The molecule has 2 heterocycles. The van der Waals surface area contributed by atoms with Crippen molar-refractivity contribution in [3.05, 3.63) is 73.1 Å². The Morgan fingerprint density at radius 2 is 0.909 bits per heavy atom. The summed E-state index contributed by atoms with van der Waals surface area (Å²) in [6.45, 7) is 0. The smallest absolute Gasteiger partial charge is 0.111 e. The average Bonchev–Trinajstić information content (AvgIpc) is 2.62. The fraction of sp³-hybridized carbons (Fsp3) is 0. The lowest BCUT2D eigenvalue weighted by molar-refractivity contribution is 1.04. The van der Waals surface area contributed by atoms with Crippen molar-refractivity contribution in [3.8, 4) is 22.5 Å². The van der Waals surface area contributed by atoms with Gasteiger partial charge in [0.1, 0.15) is 11.0 Å². The van der Waals surface area contributed by atoms with E-state index in [1.165, 1.54) is 0 Å². The van der Waals surface area contributed by atoms with E-state index >= 15 is 0 Å². The molecule has 104 valence electrons. The van der Waals surface area contributed by atoms with Gasteiger partial charge in [0.25, 0.3) is 0 Å². The van der Waals surface area contributed by atoms with Crippen LogP contribution >= 0.6 is 0 Å². The molecule has 4 heteroatoms. The van der Waals surface area contributed by atoms with Crippen molar-refractivity contribution in [1.29, 1.82) is 0 Å². The topological polar surface area (TPSA) is 51.6 Å². The number of benzene rings is 2. The second kappa shape index (κ2) is 5.33. The summed E-state index contributed by atoms with van der Waals surface area (Å²) in [5.41, 5.74) is 5.27. The van der Waals surface area contributed by atoms with Crippen LogP contribution in [0.5, 0.6) is 0 Å². The Hall–Kier alpha value is -3.14. The first kappa shape index (κ1) is 12.6. The fourth-order valence-electron chi connectivity index (χ4n) is 2.42. The summed E-state index contributed by atoms with van der Waals surface area (Å²) in [6, 6.07) is 20.1. The molecule has 0 unspecified atom stereocenters. The summed E-state index contributed by atoms with van der Waals surface area (Å²) in [5, 5.41) is 7.80. The van der Waals surface area contributed by atoms with E-state index in [4.69, 9.17) is 9.97 Å². The lowest BCUT2D eigenvalue weighted by Gasteiger charge is -2.09. The molecule has 0 spiro atoms. The molecule has 22 heavy (non-hydrogen) atoms. The minimum absolute atomic E-state index is 0.744. The van der Waals surface area contributed by atoms with Crippen molar-refractivity contribution >= 4 is 11.0 Å². The van der Waals surface area contributed by atoms with Gasteiger partial charge < -0.3 is 0 Å². The molecule has 0 aliphatic heterocycles. The van der Waals surface area contributed by atoms with E-state index in [1.807, 2.05) is 60.7 Å². The first-order chi connectivity index (χ1) is 10.9. The number of nitrogens with zero attached hydrogens (tertiary/aromatic N) is 4. The Bertz CT molecular complexity index is 843. The summed E-state index contributed by atoms with van der Waals surface area (Å²) in [7, 11) is 0. The minimum atomic E-state index is 0.744. The highest BCUT2D eigenvalue weighted by molar-refractivity contribution is 5.85. The molecule has 4 aromatic rings. The van der Waals surface area contributed by atoms with Crippen LogP contribution in [0.15, 0.2) is 73.1 Å². The average molecular weight is 284 g/mol. The van der Waals surface area contributed by atoms with E-state index in [0.717, 1.165) is 33.5 Å². The monoisotopic (exact) mass is 284 g/mol. The predicted octanol–water partition coefficient (Wildman–Crippen LogP) is 3.75. The van der Waals surface area contributed by atoms with Gasteiger partial charge in [0.2, 0.25) is 0 Å². The summed E-state index contributed by atoms with van der Waals surface area (Å²) >= 11 is 0. The Morgan fingerprint density at radius 1 is 0.500 bits per heavy atom. The number of hydrogen-bond donors (Lipinski definition) is 0. The van der Waals surface area contributed by atoms with Crippen molar-refractivity contribution in [1.82, 2.24) is 20.2 Å². The number of rotatable bonds is 2. The van der Waals surface area contributed by atoms with Crippen molar-refractivity contribution in [2.45, 2.75) is 0 Å². The quantitative estimate of drug-likeness (QED) is 0.562. The van der Waals surface area contributed by atoms with Crippen LogP contribution in [0.25, 0.3) is 33.5 Å². The summed E-state index contributed by atoms with van der Waals surface area (Å²) in [6.07, 6.45) is 3.28. The van der Waals surface area contributed by atoms with Gasteiger partial charge in [0.15, 0.2) is 0 Å². The molecular formula is C18H12N4. The third-order valence-electron chi connectivity index (χ3n) is 3.47. The zero-order chi connectivity index (χ0) is 14.8. The van der Waals surface area contributed by atoms with E-state index in [-0.39, 0.29) is 0 Å². The molecule has 2 aromatic carbocycles. The number of aromatic nitrogens is 4. The molecular weight excluding hydrogens is 272 g/mol. The van der Waals surface area contributed by atoms with Gasteiger partial charge in [-0.15, -0.1) is 0 Å². The SMILES string of the molecule is c1ccc(-c2nc3cnncc3nc2-c2ccccc2)cc1. The Balaban J connectivity index is 2.04. The van der Waals surface area contributed by atoms with Crippen LogP contribution in [0.3, 0.4) is 0 Å².